The quantitative estimate of drug-likeness (QED) is 0.797. The van der Waals surface area contributed by atoms with E-state index in [1.54, 1.807) is 6.92 Å². The third-order valence-electron chi connectivity index (χ3n) is 3.19. The molecule has 2 N–H and O–H groups in total. The van der Waals surface area contributed by atoms with Crippen molar-refractivity contribution in [3.63, 3.8) is 0 Å². The molecule has 104 valence electrons. The van der Waals surface area contributed by atoms with E-state index in [1.165, 1.54) is 6.33 Å². The molecule has 2 heterocycles. The zero-order valence-electron chi connectivity index (χ0n) is 11.5. The second-order valence-electron chi connectivity index (χ2n) is 5.06. The standard InChI is InChI=1S/C13H21N5O/c1-10(19)3-5-14-12-7-13(16-9-15-12)17-11-4-6-18(2)8-11/h7,9,11H,3-6,8H2,1-2H3,(H2,14,15,16,17). The Morgan fingerprint density at radius 1 is 1.47 bits per heavy atom. The van der Waals surface area contributed by atoms with E-state index in [0.29, 0.717) is 19.0 Å². The average Bonchev–Trinajstić information content (AvgIpc) is 2.75. The summed E-state index contributed by atoms with van der Waals surface area (Å²) in [6.07, 6.45) is 3.19. The monoisotopic (exact) mass is 263 g/mol. The maximum atomic E-state index is 10.9. The Balaban J connectivity index is 1.86. The largest absolute Gasteiger partial charge is 0.369 e. The van der Waals surface area contributed by atoms with Crippen LogP contribution in [-0.2, 0) is 4.79 Å². The highest BCUT2D eigenvalue weighted by atomic mass is 16.1. The predicted octanol–water partition coefficient (Wildman–Crippen LogP) is 0.984. The number of hydrogen-bond acceptors (Lipinski definition) is 6. The van der Waals surface area contributed by atoms with Crippen LogP contribution in [-0.4, -0.2) is 53.4 Å². The van der Waals surface area contributed by atoms with Crippen LogP contribution in [0.25, 0.3) is 0 Å². The van der Waals surface area contributed by atoms with E-state index in [0.717, 1.165) is 31.1 Å². The van der Waals surface area contributed by atoms with Gasteiger partial charge in [0.15, 0.2) is 0 Å². The first-order valence-electron chi connectivity index (χ1n) is 6.64. The van der Waals surface area contributed by atoms with E-state index in [1.807, 2.05) is 6.07 Å². The fourth-order valence-electron chi connectivity index (χ4n) is 2.16. The van der Waals surface area contributed by atoms with Gasteiger partial charge in [0, 0.05) is 31.6 Å². The molecule has 1 aromatic rings. The van der Waals surface area contributed by atoms with Crippen molar-refractivity contribution < 1.29 is 4.79 Å². The van der Waals surface area contributed by atoms with Crippen LogP contribution >= 0.6 is 0 Å². The molecule has 0 saturated carbocycles. The molecule has 1 fully saturated rings. The molecule has 1 unspecified atom stereocenters. The lowest BCUT2D eigenvalue weighted by Gasteiger charge is -2.14. The van der Waals surface area contributed by atoms with Crippen LogP contribution in [0.3, 0.4) is 0 Å². The van der Waals surface area contributed by atoms with Crippen molar-refractivity contribution in [2.45, 2.75) is 25.8 Å². The SMILES string of the molecule is CC(=O)CCNc1cc(NC2CCN(C)C2)ncn1. The molecule has 1 aliphatic heterocycles. The maximum absolute atomic E-state index is 10.9. The molecule has 19 heavy (non-hydrogen) atoms. The molecule has 0 aliphatic carbocycles. The van der Waals surface area contributed by atoms with E-state index in [4.69, 9.17) is 0 Å². The number of Topliss-reactive ketones (excluding diaryl/α,β-unsaturated/α-hetero) is 1. The third kappa shape index (κ3) is 4.48. The highest BCUT2D eigenvalue weighted by molar-refractivity contribution is 5.75. The first-order valence-corrected chi connectivity index (χ1v) is 6.64. The summed E-state index contributed by atoms with van der Waals surface area (Å²) in [6, 6.07) is 2.34. The Bertz CT molecular complexity index is 437. The number of nitrogens with one attached hydrogen (secondary N) is 2. The van der Waals surface area contributed by atoms with Crippen LogP contribution in [0, 0.1) is 0 Å². The second kappa shape index (κ2) is 6.47. The minimum absolute atomic E-state index is 0.175. The first-order chi connectivity index (χ1) is 9.13. The van der Waals surface area contributed by atoms with Gasteiger partial charge in [0.05, 0.1) is 0 Å². The molecule has 1 saturated heterocycles. The van der Waals surface area contributed by atoms with Crippen molar-refractivity contribution >= 4 is 17.4 Å². The summed E-state index contributed by atoms with van der Waals surface area (Å²) in [5.41, 5.74) is 0. The first kappa shape index (κ1) is 13.7. The lowest BCUT2D eigenvalue weighted by Crippen LogP contribution is -2.24. The molecule has 0 radical (unpaired) electrons. The average molecular weight is 263 g/mol. The molecular weight excluding hydrogens is 242 g/mol. The van der Waals surface area contributed by atoms with Gasteiger partial charge in [0.1, 0.15) is 23.7 Å². The highest BCUT2D eigenvalue weighted by Crippen LogP contribution is 2.14. The fraction of sp³-hybridized carbons (Fsp3) is 0.615. The molecule has 0 aromatic carbocycles. The van der Waals surface area contributed by atoms with Crippen molar-refractivity contribution in [3.05, 3.63) is 12.4 Å². The van der Waals surface area contributed by atoms with Gasteiger partial charge in [0.2, 0.25) is 0 Å². The molecule has 0 amide bonds. The van der Waals surface area contributed by atoms with Gasteiger partial charge in [-0.25, -0.2) is 9.97 Å². The lowest BCUT2D eigenvalue weighted by molar-refractivity contribution is -0.116. The van der Waals surface area contributed by atoms with Crippen LogP contribution < -0.4 is 10.6 Å². The summed E-state index contributed by atoms with van der Waals surface area (Å²) in [5.74, 6) is 1.76. The highest BCUT2D eigenvalue weighted by Gasteiger charge is 2.19. The van der Waals surface area contributed by atoms with Gasteiger partial charge in [-0.05, 0) is 26.9 Å². The molecule has 0 spiro atoms. The molecule has 0 bridgehead atoms. The van der Waals surface area contributed by atoms with Crippen molar-refractivity contribution in [2.24, 2.45) is 0 Å². The summed E-state index contributed by atoms with van der Waals surface area (Å²) in [7, 11) is 2.12. The maximum Gasteiger partial charge on any atom is 0.131 e. The number of anilines is 2. The topological polar surface area (TPSA) is 70.2 Å². The van der Waals surface area contributed by atoms with E-state index in [-0.39, 0.29) is 5.78 Å². The van der Waals surface area contributed by atoms with Gasteiger partial charge in [0.25, 0.3) is 0 Å². The van der Waals surface area contributed by atoms with Crippen LogP contribution in [0.1, 0.15) is 19.8 Å². The zero-order valence-corrected chi connectivity index (χ0v) is 11.5. The Morgan fingerprint density at radius 3 is 2.95 bits per heavy atom. The Kier molecular flexibility index (Phi) is 4.68. The summed E-state index contributed by atoms with van der Waals surface area (Å²) in [6.45, 7) is 4.35. The van der Waals surface area contributed by atoms with Gasteiger partial charge >= 0.3 is 0 Å². The lowest BCUT2D eigenvalue weighted by atomic mass is 10.2. The number of hydrogen-bond donors (Lipinski definition) is 2. The normalized spacial score (nSPS) is 19.4. The van der Waals surface area contributed by atoms with Gasteiger partial charge in [-0.15, -0.1) is 0 Å². The van der Waals surface area contributed by atoms with Crippen LogP contribution in [0.15, 0.2) is 12.4 Å². The van der Waals surface area contributed by atoms with E-state index in [9.17, 15) is 4.79 Å². The second-order valence-corrected chi connectivity index (χ2v) is 5.06. The summed E-state index contributed by atoms with van der Waals surface area (Å²) in [4.78, 5) is 21.5. The fourth-order valence-corrected chi connectivity index (χ4v) is 2.16. The minimum Gasteiger partial charge on any atom is -0.369 e. The smallest absolute Gasteiger partial charge is 0.131 e. The Morgan fingerprint density at radius 2 is 2.26 bits per heavy atom. The summed E-state index contributed by atoms with van der Waals surface area (Å²) < 4.78 is 0. The van der Waals surface area contributed by atoms with E-state index < -0.39 is 0 Å². The number of aromatic nitrogens is 2. The van der Waals surface area contributed by atoms with Gasteiger partial charge in [-0.3, -0.25) is 4.79 Å². The van der Waals surface area contributed by atoms with E-state index in [2.05, 4.69) is 32.5 Å². The summed E-state index contributed by atoms with van der Waals surface area (Å²) in [5, 5.41) is 6.54. The number of carbonyl (C=O) groups is 1. The number of carbonyl (C=O) groups excluding carboxylic acids is 1. The number of rotatable bonds is 6. The molecule has 6 heteroatoms. The molecule has 1 aromatic heterocycles. The molecule has 1 aliphatic rings. The van der Waals surface area contributed by atoms with Crippen LogP contribution in [0.2, 0.25) is 0 Å². The molecule has 1 atom stereocenters. The van der Waals surface area contributed by atoms with Crippen molar-refractivity contribution in [2.75, 3.05) is 37.3 Å². The number of nitrogens with zero attached hydrogens (tertiary/aromatic N) is 3. The van der Waals surface area contributed by atoms with Gasteiger partial charge < -0.3 is 15.5 Å². The number of ketones is 1. The summed E-state index contributed by atoms with van der Waals surface area (Å²) >= 11 is 0. The predicted molar refractivity (Wildman–Crippen MR) is 75.3 cm³/mol. The molecule has 2 rings (SSSR count). The Hall–Kier alpha value is -1.69. The van der Waals surface area contributed by atoms with Crippen molar-refractivity contribution in [1.29, 1.82) is 0 Å². The minimum atomic E-state index is 0.175. The van der Waals surface area contributed by atoms with Crippen molar-refractivity contribution in [3.8, 4) is 0 Å². The van der Waals surface area contributed by atoms with Crippen molar-refractivity contribution in [1.82, 2.24) is 14.9 Å². The van der Waals surface area contributed by atoms with Crippen LogP contribution in [0.4, 0.5) is 11.6 Å². The van der Waals surface area contributed by atoms with Gasteiger partial charge in [-0.1, -0.05) is 0 Å². The number of likely N-dealkylation sites (N-methyl/N-ethyl adjacent to an activating group) is 1. The zero-order chi connectivity index (χ0) is 13.7. The third-order valence-corrected chi connectivity index (χ3v) is 3.19. The van der Waals surface area contributed by atoms with E-state index >= 15 is 0 Å². The van der Waals surface area contributed by atoms with Crippen LogP contribution in [0.5, 0.6) is 0 Å². The Labute approximate surface area is 113 Å². The molecule has 6 nitrogen and oxygen atoms in total. The van der Waals surface area contributed by atoms with Gasteiger partial charge in [-0.2, -0.15) is 0 Å². The number of likely N-dealkylation sites (tertiary alicyclic amines) is 1. The molecular formula is C13H21N5O.